The second-order valence-corrected chi connectivity index (χ2v) is 6.05. The summed E-state index contributed by atoms with van der Waals surface area (Å²) in [6.07, 6.45) is -2.64. The molecule has 0 unspecified atom stereocenters. The normalized spacial score (nSPS) is 12.1. The fourth-order valence-corrected chi connectivity index (χ4v) is 2.64. The number of nitrogens with one attached hydrogen (secondary N) is 1. The molecule has 0 saturated heterocycles. The van der Waals surface area contributed by atoms with Crippen LogP contribution in [0.2, 0.25) is 5.02 Å². The summed E-state index contributed by atoms with van der Waals surface area (Å²) < 4.78 is 67.3. The van der Waals surface area contributed by atoms with Gasteiger partial charge in [0.15, 0.2) is 0 Å². The summed E-state index contributed by atoms with van der Waals surface area (Å²) in [5.74, 6) is -0.988. The van der Waals surface area contributed by atoms with E-state index >= 15 is 0 Å². The van der Waals surface area contributed by atoms with Crippen LogP contribution >= 0.6 is 11.6 Å². The predicted octanol–water partition coefficient (Wildman–Crippen LogP) is 1.53. The van der Waals surface area contributed by atoms with Crippen LogP contribution in [0.1, 0.15) is 5.56 Å². The van der Waals surface area contributed by atoms with Gasteiger partial charge in [-0.2, -0.15) is 0 Å². The molecule has 0 aliphatic heterocycles. The number of sulfonamides is 1. The smallest absolute Gasteiger partial charge is 0.261 e. The number of aliphatic hydroxyl groups is 1. The Hall–Kier alpha value is -0.870. The third kappa shape index (κ3) is 5.44. The Balaban J connectivity index is 2.72. The van der Waals surface area contributed by atoms with Gasteiger partial charge >= 0.3 is 0 Å². The van der Waals surface area contributed by atoms with E-state index in [1.807, 2.05) is 0 Å². The highest BCUT2D eigenvalue weighted by Crippen LogP contribution is 2.24. The molecule has 0 radical (unpaired) electrons. The molecule has 0 spiro atoms. The van der Waals surface area contributed by atoms with Gasteiger partial charge in [0.1, 0.15) is 12.4 Å². The van der Waals surface area contributed by atoms with Crippen LogP contribution in [0.4, 0.5) is 13.2 Å². The molecule has 1 aromatic carbocycles. The molecule has 0 aliphatic rings. The summed E-state index contributed by atoms with van der Waals surface area (Å²) >= 11 is 5.55. The molecule has 21 heavy (non-hydrogen) atoms. The average molecular weight is 348 g/mol. The fourth-order valence-electron chi connectivity index (χ4n) is 1.39. The van der Waals surface area contributed by atoms with Crippen LogP contribution in [0.25, 0.3) is 0 Å². The van der Waals surface area contributed by atoms with E-state index in [0.29, 0.717) is 6.07 Å². The summed E-state index contributed by atoms with van der Waals surface area (Å²) in [5, 5.41) is 8.61. The first-order valence-electron chi connectivity index (χ1n) is 5.72. The van der Waals surface area contributed by atoms with Crippen molar-refractivity contribution >= 4 is 21.6 Å². The minimum absolute atomic E-state index is 0.0778. The molecule has 0 atom stereocenters. The first-order chi connectivity index (χ1) is 9.77. The predicted molar refractivity (Wildman–Crippen MR) is 69.3 cm³/mol. The zero-order chi connectivity index (χ0) is 16.0. The van der Waals surface area contributed by atoms with Crippen LogP contribution in [-0.2, 0) is 21.4 Å². The van der Waals surface area contributed by atoms with Crippen molar-refractivity contribution in [2.45, 2.75) is 17.9 Å². The van der Waals surface area contributed by atoms with Crippen molar-refractivity contribution in [1.82, 2.24) is 4.72 Å². The molecule has 5 nitrogen and oxygen atoms in total. The van der Waals surface area contributed by atoms with E-state index in [-0.39, 0.29) is 23.7 Å². The molecule has 0 amide bonds. The maximum Gasteiger partial charge on any atom is 0.261 e. The van der Waals surface area contributed by atoms with Crippen LogP contribution in [0.5, 0.6) is 0 Å². The lowest BCUT2D eigenvalue weighted by molar-refractivity contribution is 0.0199. The van der Waals surface area contributed by atoms with Crippen molar-refractivity contribution in [3.63, 3.8) is 0 Å². The Labute approximate surface area is 124 Å². The van der Waals surface area contributed by atoms with Crippen molar-refractivity contribution in [2.75, 3.05) is 19.8 Å². The van der Waals surface area contributed by atoms with E-state index in [1.54, 1.807) is 0 Å². The third-order valence-electron chi connectivity index (χ3n) is 2.34. The molecule has 0 heterocycles. The summed E-state index contributed by atoms with van der Waals surface area (Å²) in [4.78, 5) is -0.428. The van der Waals surface area contributed by atoms with Crippen LogP contribution in [0, 0.1) is 5.82 Å². The number of hydrogen-bond donors (Lipinski definition) is 2. The molecular weight excluding hydrogens is 335 g/mol. The van der Waals surface area contributed by atoms with Gasteiger partial charge in [-0.3, -0.25) is 0 Å². The molecule has 10 heteroatoms. The van der Waals surface area contributed by atoms with E-state index in [0.717, 1.165) is 6.07 Å². The highest BCUT2D eigenvalue weighted by Gasteiger charge is 2.18. The highest BCUT2D eigenvalue weighted by molar-refractivity contribution is 7.89. The maximum atomic E-state index is 13.4. The number of benzene rings is 1. The molecule has 120 valence electrons. The monoisotopic (exact) mass is 347 g/mol. The van der Waals surface area contributed by atoms with Gasteiger partial charge in [-0.05, 0) is 12.1 Å². The van der Waals surface area contributed by atoms with Crippen LogP contribution in [0.3, 0.4) is 0 Å². The number of aliphatic hydroxyl groups excluding tert-OH is 1. The standard InChI is InChI=1S/C11H13ClF3NO4S/c12-11-7(5-17)3-8(4-9(11)13)21(18,19)16-1-2-20-6-10(14)15/h3-4,10,16-17H,1-2,5-6H2. The molecule has 0 saturated carbocycles. The molecule has 0 bridgehead atoms. The van der Waals surface area contributed by atoms with Gasteiger partial charge in [0, 0.05) is 12.1 Å². The highest BCUT2D eigenvalue weighted by atomic mass is 35.5. The van der Waals surface area contributed by atoms with E-state index < -0.39 is 40.4 Å². The van der Waals surface area contributed by atoms with E-state index in [4.69, 9.17) is 16.7 Å². The van der Waals surface area contributed by atoms with Crippen molar-refractivity contribution in [3.8, 4) is 0 Å². The summed E-state index contributed by atoms with van der Waals surface area (Å²) in [7, 11) is -4.06. The fraction of sp³-hybridized carbons (Fsp3) is 0.455. The van der Waals surface area contributed by atoms with Gasteiger partial charge in [0.25, 0.3) is 6.43 Å². The van der Waals surface area contributed by atoms with Crippen molar-refractivity contribution in [3.05, 3.63) is 28.5 Å². The number of halogens is 4. The van der Waals surface area contributed by atoms with Gasteiger partial charge in [-0.1, -0.05) is 11.6 Å². The number of ether oxygens (including phenoxy) is 1. The summed E-state index contributed by atoms with van der Waals surface area (Å²) in [5.41, 5.74) is -0.0778. The third-order valence-corrected chi connectivity index (χ3v) is 4.20. The zero-order valence-corrected chi connectivity index (χ0v) is 12.2. The number of hydrogen-bond acceptors (Lipinski definition) is 4. The summed E-state index contributed by atoms with van der Waals surface area (Å²) in [6.45, 7) is -1.94. The Morgan fingerprint density at radius 3 is 2.62 bits per heavy atom. The Bertz CT molecular complexity index is 583. The molecule has 0 fully saturated rings. The molecular formula is C11H13ClF3NO4S. The van der Waals surface area contributed by atoms with Gasteiger partial charge in [-0.15, -0.1) is 0 Å². The van der Waals surface area contributed by atoms with Gasteiger partial charge in [0.05, 0.1) is 23.1 Å². The van der Waals surface area contributed by atoms with Crippen LogP contribution < -0.4 is 4.72 Å². The molecule has 1 aromatic rings. The second kappa shape index (κ2) is 7.95. The molecule has 0 aromatic heterocycles. The lowest BCUT2D eigenvalue weighted by Gasteiger charge is -2.10. The Kier molecular flexibility index (Phi) is 6.88. The average Bonchev–Trinajstić information content (AvgIpc) is 2.40. The first kappa shape index (κ1) is 18.2. The lowest BCUT2D eigenvalue weighted by Crippen LogP contribution is -2.28. The topological polar surface area (TPSA) is 75.6 Å². The van der Waals surface area contributed by atoms with Crippen molar-refractivity contribution < 1.29 is 31.4 Å². The van der Waals surface area contributed by atoms with E-state index in [9.17, 15) is 21.6 Å². The van der Waals surface area contributed by atoms with Crippen molar-refractivity contribution in [1.29, 1.82) is 0 Å². The molecule has 1 rings (SSSR count). The van der Waals surface area contributed by atoms with E-state index in [1.165, 1.54) is 0 Å². The van der Waals surface area contributed by atoms with Crippen LogP contribution in [-0.4, -0.2) is 39.7 Å². The number of alkyl halides is 2. The lowest BCUT2D eigenvalue weighted by atomic mass is 10.2. The first-order valence-corrected chi connectivity index (χ1v) is 7.58. The van der Waals surface area contributed by atoms with Gasteiger partial charge < -0.3 is 9.84 Å². The van der Waals surface area contributed by atoms with E-state index in [2.05, 4.69) is 9.46 Å². The second-order valence-electron chi connectivity index (χ2n) is 3.90. The largest absolute Gasteiger partial charge is 0.392 e. The number of rotatable bonds is 8. The van der Waals surface area contributed by atoms with Crippen molar-refractivity contribution in [2.24, 2.45) is 0 Å². The molecule has 2 N–H and O–H groups in total. The van der Waals surface area contributed by atoms with Crippen LogP contribution in [0.15, 0.2) is 17.0 Å². The molecule has 0 aliphatic carbocycles. The quantitative estimate of drug-likeness (QED) is 0.699. The minimum atomic E-state index is -4.06. The van der Waals surface area contributed by atoms with Gasteiger partial charge in [-0.25, -0.2) is 26.3 Å². The Morgan fingerprint density at radius 1 is 1.38 bits per heavy atom. The summed E-state index contributed by atoms with van der Waals surface area (Å²) in [6, 6.07) is 1.72. The maximum absolute atomic E-state index is 13.4. The minimum Gasteiger partial charge on any atom is -0.392 e. The van der Waals surface area contributed by atoms with Gasteiger partial charge in [0.2, 0.25) is 10.0 Å². The Morgan fingerprint density at radius 2 is 2.05 bits per heavy atom. The zero-order valence-electron chi connectivity index (χ0n) is 10.7. The SMILES string of the molecule is O=S(=O)(NCCOCC(F)F)c1cc(F)c(Cl)c(CO)c1.